The Kier molecular flexibility index (Phi) is 7.27. The molecule has 0 saturated carbocycles. The molecular formula is C24H26FN5O4S. The lowest BCUT2D eigenvalue weighted by Gasteiger charge is -2.34. The number of benzene rings is 2. The van der Waals surface area contributed by atoms with E-state index in [4.69, 9.17) is 4.74 Å². The highest BCUT2D eigenvalue weighted by atomic mass is 32.2. The zero-order chi connectivity index (χ0) is 25.0. The summed E-state index contributed by atoms with van der Waals surface area (Å²) in [5.74, 6) is 0.572. The third-order valence-electron chi connectivity index (χ3n) is 5.75. The fourth-order valence-corrected chi connectivity index (χ4v) is 5.24. The third kappa shape index (κ3) is 5.41. The van der Waals surface area contributed by atoms with Crippen LogP contribution in [0.15, 0.2) is 59.8 Å². The van der Waals surface area contributed by atoms with Crippen molar-refractivity contribution in [2.24, 2.45) is 0 Å². The summed E-state index contributed by atoms with van der Waals surface area (Å²) in [6.45, 7) is 3.16. The van der Waals surface area contributed by atoms with Gasteiger partial charge in [0.15, 0.2) is 0 Å². The van der Waals surface area contributed by atoms with Gasteiger partial charge in [-0.2, -0.15) is 4.31 Å². The van der Waals surface area contributed by atoms with Crippen molar-refractivity contribution in [1.29, 1.82) is 0 Å². The van der Waals surface area contributed by atoms with Gasteiger partial charge in [0.1, 0.15) is 23.7 Å². The van der Waals surface area contributed by atoms with Gasteiger partial charge in [0.05, 0.1) is 17.7 Å². The highest BCUT2D eigenvalue weighted by molar-refractivity contribution is 7.89. The molecule has 4 rings (SSSR count). The van der Waals surface area contributed by atoms with E-state index in [-0.39, 0.29) is 23.9 Å². The molecule has 11 heteroatoms. The van der Waals surface area contributed by atoms with Crippen LogP contribution >= 0.6 is 0 Å². The second kappa shape index (κ2) is 10.4. The molecule has 1 aliphatic heterocycles. The van der Waals surface area contributed by atoms with Crippen LogP contribution in [0.1, 0.15) is 13.3 Å². The monoisotopic (exact) mass is 499 g/mol. The number of sulfonamides is 1. The molecule has 9 nitrogen and oxygen atoms in total. The van der Waals surface area contributed by atoms with Crippen molar-refractivity contribution < 1.29 is 22.3 Å². The number of nitrogens with one attached hydrogen (secondary N) is 1. The summed E-state index contributed by atoms with van der Waals surface area (Å²) < 4.78 is 46.8. The molecule has 0 aliphatic carbocycles. The smallest absolute Gasteiger partial charge is 0.243 e. The van der Waals surface area contributed by atoms with Crippen LogP contribution in [0.5, 0.6) is 5.75 Å². The quantitative estimate of drug-likeness (QED) is 0.532. The van der Waals surface area contributed by atoms with Gasteiger partial charge in [-0.05, 0) is 42.5 Å². The summed E-state index contributed by atoms with van der Waals surface area (Å²) in [6, 6.07) is 12.1. The van der Waals surface area contributed by atoms with Crippen LogP contribution in [0.4, 0.5) is 15.9 Å². The van der Waals surface area contributed by atoms with Gasteiger partial charge in [0.2, 0.25) is 15.9 Å². The van der Waals surface area contributed by atoms with Gasteiger partial charge in [0, 0.05) is 49.9 Å². The standard InChI is InChI=1S/C24H26FN5O4S/c1-3-24(31)28-18-5-7-19(8-6-18)35(32,33)30-12-10-29(11-13-30)23-15-21(26-16-27-23)20-14-17(25)4-9-22(20)34-2/h4-9,14-16H,3,10-13H2,1-2H3,(H,28,31). The van der Waals surface area contributed by atoms with Gasteiger partial charge in [-0.25, -0.2) is 22.8 Å². The first kappa shape index (κ1) is 24.6. The lowest BCUT2D eigenvalue weighted by atomic mass is 10.1. The predicted octanol–water partition coefficient (Wildman–Crippen LogP) is 3.15. The van der Waals surface area contributed by atoms with E-state index >= 15 is 0 Å². The molecule has 35 heavy (non-hydrogen) atoms. The molecule has 1 aromatic heterocycles. The predicted molar refractivity (Wildman–Crippen MR) is 130 cm³/mol. The maximum absolute atomic E-state index is 13.8. The lowest BCUT2D eigenvalue weighted by molar-refractivity contribution is -0.115. The normalized spacial score (nSPS) is 14.5. The van der Waals surface area contributed by atoms with Crippen molar-refractivity contribution >= 4 is 27.4 Å². The van der Waals surface area contributed by atoms with Crippen molar-refractivity contribution in [2.75, 3.05) is 43.5 Å². The fraction of sp³-hybridized carbons (Fsp3) is 0.292. The van der Waals surface area contributed by atoms with Gasteiger partial charge in [-0.3, -0.25) is 4.79 Å². The Bertz CT molecular complexity index is 1310. The molecule has 0 atom stereocenters. The topological polar surface area (TPSA) is 105 Å². The minimum atomic E-state index is -3.68. The number of rotatable bonds is 7. The number of methoxy groups -OCH3 is 1. The van der Waals surface area contributed by atoms with Gasteiger partial charge < -0.3 is 15.0 Å². The summed E-state index contributed by atoms with van der Waals surface area (Å²) in [6.07, 6.45) is 1.74. The second-order valence-corrected chi connectivity index (χ2v) is 9.86. The average Bonchev–Trinajstić information content (AvgIpc) is 2.89. The minimum Gasteiger partial charge on any atom is -0.496 e. The van der Waals surface area contributed by atoms with E-state index in [1.54, 1.807) is 31.2 Å². The molecule has 2 aromatic carbocycles. The number of carbonyl (C=O) groups excluding carboxylic acids is 1. The Morgan fingerprint density at radius 3 is 2.43 bits per heavy atom. The van der Waals surface area contributed by atoms with Gasteiger partial charge >= 0.3 is 0 Å². The van der Waals surface area contributed by atoms with E-state index in [1.165, 1.54) is 42.0 Å². The molecule has 1 fully saturated rings. The molecule has 1 N–H and O–H groups in total. The number of aromatic nitrogens is 2. The molecular weight excluding hydrogens is 473 g/mol. The van der Waals surface area contributed by atoms with Crippen LogP contribution < -0.4 is 15.0 Å². The minimum absolute atomic E-state index is 0.138. The molecule has 2 heterocycles. The van der Waals surface area contributed by atoms with Crippen molar-refractivity contribution in [2.45, 2.75) is 18.2 Å². The van der Waals surface area contributed by atoms with Crippen molar-refractivity contribution in [3.63, 3.8) is 0 Å². The van der Waals surface area contributed by atoms with E-state index in [1.807, 2.05) is 4.90 Å². The van der Waals surface area contributed by atoms with Crippen LogP contribution in [-0.2, 0) is 14.8 Å². The Morgan fingerprint density at radius 2 is 1.77 bits per heavy atom. The van der Waals surface area contributed by atoms with Crippen LogP contribution in [0.25, 0.3) is 11.3 Å². The van der Waals surface area contributed by atoms with Gasteiger partial charge in [-0.1, -0.05) is 6.92 Å². The number of anilines is 2. The molecule has 0 unspecified atom stereocenters. The number of halogens is 1. The third-order valence-corrected chi connectivity index (χ3v) is 7.66. The van der Waals surface area contributed by atoms with Crippen LogP contribution in [0.2, 0.25) is 0 Å². The first-order chi connectivity index (χ1) is 16.8. The number of hydrogen-bond donors (Lipinski definition) is 1. The number of amides is 1. The number of piperazine rings is 1. The summed E-state index contributed by atoms with van der Waals surface area (Å²) in [5, 5.41) is 2.71. The summed E-state index contributed by atoms with van der Waals surface area (Å²) in [4.78, 5) is 22.3. The first-order valence-corrected chi connectivity index (χ1v) is 12.6. The molecule has 0 spiro atoms. The summed E-state index contributed by atoms with van der Waals surface area (Å²) in [5.41, 5.74) is 1.57. The van der Waals surface area contributed by atoms with E-state index in [9.17, 15) is 17.6 Å². The number of ether oxygens (including phenoxy) is 1. The molecule has 0 radical (unpaired) electrons. The Hall–Kier alpha value is -3.57. The maximum atomic E-state index is 13.8. The number of hydrogen-bond acceptors (Lipinski definition) is 7. The zero-order valence-electron chi connectivity index (χ0n) is 19.4. The summed E-state index contributed by atoms with van der Waals surface area (Å²) >= 11 is 0. The zero-order valence-corrected chi connectivity index (χ0v) is 20.3. The summed E-state index contributed by atoms with van der Waals surface area (Å²) in [7, 11) is -2.17. The van der Waals surface area contributed by atoms with Crippen LogP contribution in [0.3, 0.4) is 0 Å². The van der Waals surface area contributed by atoms with Gasteiger partial charge in [-0.15, -0.1) is 0 Å². The SMILES string of the molecule is CCC(=O)Nc1ccc(S(=O)(=O)N2CCN(c3cc(-c4cc(F)ccc4OC)ncn3)CC2)cc1. The second-order valence-electron chi connectivity index (χ2n) is 7.92. The van der Waals surface area contributed by atoms with Gasteiger partial charge in [0.25, 0.3) is 0 Å². The first-order valence-electron chi connectivity index (χ1n) is 11.1. The van der Waals surface area contributed by atoms with Crippen molar-refractivity contribution in [3.8, 4) is 17.0 Å². The molecule has 1 saturated heterocycles. The van der Waals surface area contributed by atoms with E-state index in [0.717, 1.165) is 0 Å². The molecule has 1 amide bonds. The van der Waals surface area contributed by atoms with Crippen molar-refractivity contribution in [3.05, 3.63) is 60.7 Å². The van der Waals surface area contributed by atoms with Crippen LogP contribution in [-0.4, -0.2) is 61.9 Å². The number of carbonyl (C=O) groups is 1. The lowest BCUT2D eigenvalue weighted by Crippen LogP contribution is -2.48. The van der Waals surface area contributed by atoms with E-state index in [0.29, 0.717) is 48.0 Å². The fourth-order valence-electron chi connectivity index (χ4n) is 3.81. The average molecular weight is 500 g/mol. The largest absolute Gasteiger partial charge is 0.496 e. The number of nitrogens with zero attached hydrogens (tertiary/aromatic N) is 4. The molecule has 0 bridgehead atoms. The highest BCUT2D eigenvalue weighted by Crippen LogP contribution is 2.31. The molecule has 1 aliphatic rings. The van der Waals surface area contributed by atoms with E-state index < -0.39 is 15.8 Å². The highest BCUT2D eigenvalue weighted by Gasteiger charge is 2.29. The molecule has 3 aromatic rings. The Balaban J connectivity index is 1.46. The Morgan fingerprint density at radius 1 is 1.06 bits per heavy atom. The Labute approximate surface area is 203 Å². The molecule has 184 valence electrons. The van der Waals surface area contributed by atoms with E-state index in [2.05, 4.69) is 15.3 Å². The van der Waals surface area contributed by atoms with Crippen LogP contribution in [0, 0.1) is 5.82 Å². The van der Waals surface area contributed by atoms with Crippen molar-refractivity contribution in [1.82, 2.24) is 14.3 Å². The maximum Gasteiger partial charge on any atom is 0.243 e.